The molecule has 2 aromatic carbocycles. The fraction of sp³-hybridized carbons (Fsp3) is 0.0714. The van der Waals surface area contributed by atoms with Crippen molar-refractivity contribution in [3.8, 4) is 0 Å². The Kier molecular flexibility index (Phi) is 4.82. The fourth-order valence-corrected chi connectivity index (χ4v) is 2.75. The van der Waals surface area contributed by atoms with E-state index in [9.17, 15) is 17.6 Å². The monoisotopic (exact) mass is 386 g/mol. The van der Waals surface area contributed by atoms with Crippen LogP contribution >= 0.6 is 15.9 Å². The van der Waals surface area contributed by atoms with E-state index >= 15 is 0 Å². The van der Waals surface area contributed by atoms with Gasteiger partial charge in [0.05, 0.1) is 23.2 Å². The van der Waals surface area contributed by atoms with Crippen molar-refractivity contribution in [3.05, 3.63) is 58.3 Å². The molecular weight excluding hydrogens is 375 g/mol. The van der Waals surface area contributed by atoms with Gasteiger partial charge in [-0.15, -0.1) is 0 Å². The Bertz CT molecular complexity index is 825. The molecule has 0 aliphatic heterocycles. The van der Waals surface area contributed by atoms with E-state index in [2.05, 4.69) is 26.0 Å². The van der Waals surface area contributed by atoms with Crippen LogP contribution in [0, 0.1) is 5.82 Å². The molecule has 0 unspecified atom stereocenters. The highest BCUT2D eigenvalue weighted by molar-refractivity contribution is 9.10. The number of amides is 1. The molecule has 0 aliphatic carbocycles. The Morgan fingerprint density at radius 3 is 2.41 bits per heavy atom. The second kappa shape index (κ2) is 6.45. The molecule has 0 heterocycles. The Morgan fingerprint density at radius 1 is 1.14 bits per heavy atom. The minimum Gasteiger partial charge on any atom is -0.320 e. The van der Waals surface area contributed by atoms with Gasteiger partial charge in [0.2, 0.25) is 10.0 Å². The van der Waals surface area contributed by atoms with Crippen LogP contribution in [-0.4, -0.2) is 20.6 Å². The summed E-state index contributed by atoms with van der Waals surface area (Å²) in [5, 5.41) is 2.55. The van der Waals surface area contributed by atoms with Crippen LogP contribution in [0.3, 0.4) is 0 Å². The van der Waals surface area contributed by atoms with Gasteiger partial charge in [0, 0.05) is 4.47 Å². The van der Waals surface area contributed by atoms with Crippen LogP contribution in [-0.2, 0) is 10.0 Å². The molecule has 1 amide bonds. The molecule has 2 aromatic rings. The fourth-order valence-electron chi connectivity index (χ4n) is 1.74. The normalized spacial score (nSPS) is 11.0. The van der Waals surface area contributed by atoms with E-state index in [1.807, 2.05) is 0 Å². The molecular formula is C14H12BrFN2O3S. The van der Waals surface area contributed by atoms with Crippen LogP contribution in [0.4, 0.5) is 15.8 Å². The van der Waals surface area contributed by atoms with Crippen LogP contribution in [0.25, 0.3) is 0 Å². The van der Waals surface area contributed by atoms with E-state index in [0.717, 1.165) is 12.3 Å². The van der Waals surface area contributed by atoms with Gasteiger partial charge in [-0.2, -0.15) is 0 Å². The average molecular weight is 387 g/mol. The lowest BCUT2D eigenvalue weighted by atomic mass is 10.2. The second-order valence-electron chi connectivity index (χ2n) is 4.50. The highest BCUT2D eigenvalue weighted by Gasteiger charge is 2.14. The minimum atomic E-state index is -3.49. The molecule has 5 nitrogen and oxygen atoms in total. The molecule has 0 bridgehead atoms. The van der Waals surface area contributed by atoms with Gasteiger partial charge in [0.15, 0.2) is 0 Å². The van der Waals surface area contributed by atoms with Crippen molar-refractivity contribution < 1.29 is 17.6 Å². The summed E-state index contributed by atoms with van der Waals surface area (Å²) >= 11 is 3.17. The van der Waals surface area contributed by atoms with Gasteiger partial charge >= 0.3 is 0 Å². The lowest BCUT2D eigenvalue weighted by molar-refractivity contribution is 0.102. The predicted octanol–water partition coefficient (Wildman–Crippen LogP) is 3.21. The Labute approximate surface area is 135 Å². The summed E-state index contributed by atoms with van der Waals surface area (Å²) in [5.74, 6) is -1.11. The Morgan fingerprint density at radius 2 is 1.77 bits per heavy atom. The molecule has 2 N–H and O–H groups in total. The predicted molar refractivity (Wildman–Crippen MR) is 87.0 cm³/mol. The third-order valence-corrected chi connectivity index (χ3v) is 3.93. The van der Waals surface area contributed by atoms with Crippen molar-refractivity contribution >= 4 is 43.2 Å². The van der Waals surface area contributed by atoms with E-state index < -0.39 is 21.7 Å². The van der Waals surface area contributed by atoms with Gasteiger partial charge in [0.1, 0.15) is 5.82 Å². The summed E-state index contributed by atoms with van der Waals surface area (Å²) in [6.45, 7) is 0. The maximum Gasteiger partial charge on any atom is 0.256 e. The first-order valence-electron chi connectivity index (χ1n) is 6.09. The molecule has 0 aromatic heterocycles. The zero-order valence-electron chi connectivity index (χ0n) is 11.4. The summed E-state index contributed by atoms with van der Waals surface area (Å²) < 4.78 is 38.6. The van der Waals surface area contributed by atoms with Crippen LogP contribution in [0.1, 0.15) is 10.4 Å². The standard InChI is InChI=1S/C14H12BrFN2O3S/c1-22(20,21)18-13-5-3-2-4-12(13)17-14(19)10-8-9(16)6-7-11(10)15/h2-8,18H,1H3,(H,17,19). The topological polar surface area (TPSA) is 75.3 Å². The highest BCUT2D eigenvalue weighted by atomic mass is 79.9. The third kappa shape index (κ3) is 4.28. The van der Waals surface area contributed by atoms with Gasteiger partial charge in [0.25, 0.3) is 5.91 Å². The molecule has 0 radical (unpaired) electrons. The van der Waals surface area contributed by atoms with E-state index in [4.69, 9.17) is 0 Å². The highest BCUT2D eigenvalue weighted by Crippen LogP contribution is 2.24. The molecule has 0 spiro atoms. The summed E-state index contributed by atoms with van der Waals surface area (Å²) in [6.07, 6.45) is 1.01. The molecule has 2 rings (SSSR count). The van der Waals surface area contributed by atoms with Crippen molar-refractivity contribution in [2.75, 3.05) is 16.3 Å². The quantitative estimate of drug-likeness (QED) is 0.846. The number of sulfonamides is 1. The van der Waals surface area contributed by atoms with Crippen LogP contribution in [0.15, 0.2) is 46.9 Å². The lowest BCUT2D eigenvalue weighted by Gasteiger charge is -2.12. The van der Waals surface area contributed by atoms with Crippen molar-refractivity contribution in [3.63, 3.8) is 0 Å². The first-order valence-corrected chi connectivity index (χ1v) is 8.78. The number of carbonyl (C=O) groups excluding carboxylic acids is 1. The number of hydrogen-bond donors (Lipinski definition) is 2. The van der Waals surface area contributed by atoms with Crippen molar-refractivity contribution in [1.82, 2.24) is 0 Å². The molecule has 8 heteroatoms. The molecule has 0 saturated carbocycles. The third-order valence-electron chi connectivity index (χ3n) is 2.64. The Balaban J connectivity index is 2.31. The maximum atomic E-state index is 13.3. The smallest absolute Gasteiger partial charge is 0.256 e. The van der Waals surface area contributed by atoms with Crippen LogP contribution in [0.5, 0.6) is 0 Å². The number of carbonyl (C=O) groups is 1. The zero-order chi connectivity index (χ0) is 16.3. The SMILES string of the molecule is CS(=O)(=O)Nc1ccccc1NC(=O)c1cc(F)ccc1Br. The average Bonchev–Trinajstić information content (AvgIpc) is 2.42. The molecule has 0 saturated heterocycles. The van der Waals surface area contributed by atoms with Crippen molar-refractivity contribution in [1.29, 1.82) is 0 Å². The largest absolute Gasteiger partial charge is 0.320 e. The van der Waals surface area contributed by atoms with Crippen molar-refractivity contribution in [2.24, 2.45) is 0 Å². The number of rotatable bonds is 4. The summed E-state index contributed by atoms with van der Waals surface area (Å²) in [4.78, 5) is 12.2. The molecule has 0 atom stereocenters. The number of benzene rings is 2. The van der Waals surface area contributed by atoms with E-state index in [0.29, 0.717) is 4.47 Å². The number of halogens is 2. The summed E-state index contributed by atoms with van der Waals surface area (Å²) in [6, 6.07) is 10.1. The Hall–Kier alpha value is -1.93. The number of anilines is 2. The lowest BCUT2D eigenvalue weighted by Crippen LogP contribution is -2.16. The van der Waals surface area contributed by atoms with Crippen molar-refractivity contribution in [2.45, 2.75) is 0 Å². The molecule has 0 fully saturated rings. The van der Waals surface area contributed by atoms with Gasteiger partial charge in [-0.1, -0.05) is 12.1 Å². The number of para-hydroxylation sites is 2. The maximum absolute atomic E-state index is 13.3. The molecule has 22 heavy (non-hydrogen) atoms. The first-order chi connectivity index (χ1) is 10.3. The van der Waals surface area contributed by atoms with Gasteiger partial charge in [-0.25, -0.2) is 12.8 Å². The van der Waals surface area contributed by atoms with E-state index in [-0.39, 0.29) is 16.9 Å². The number of hydrogen-bond acceptors (Lipinski definition) is 3. The first kappa shape index (κ1) is 16.4. The van der Waals surface area contributed by atoms with Gasteiger partial charge in [-0.05, 0) is 46.3 Å². The zero-order valence-corrected chi connectivity index (χ0v) is 13.8. The molecule has 0 aliphatic rings. The van der Waals surface area contributed by atoms with Crippen LogP contribution < -0.4 is 10.0 Å². The second-order valence-corrected chi connectivity index (χ2v) is 7.10. The van der Waals surface area contributed by atoms with Gasteiger partial charge in [-0.3, -0.25) is 9.52 Å². The van der Waals surface area contributed by atoms with E-state index in [1.54, 1.807) is 18.2 Å². The molecule has 116 valence electrons. The van der Waals surface area contributed by atoms with Gasteiger partial charge < -0.3 is 5.32 Å². The van der Waals surface area contributed by atoms with E-state index in [1.165, 1.54) is 18.2 Å². The minimum absolute atomic E-state index is 0.106. The summed E-state index contributed by atoms with van der Waals surface area (Å²) in [7, 11) is -3.49. The number of nitrogens with one attached hydrogen (secondary N) is 2. The summed E-state index contributed by atoms with van der Waals surface area (Å²) in [5.41, 5.74) is 0.606. The van der Waals surface area contributed by atoms with Crippen LogP contribution in [0.2, 0.25) is 0 Å².